The summed E-state index contributed by atoms with van der Waals surface area (Å²) in [6.45, 7) is 0.461. The number of fused-ring (bicyclic) bond motifs is 1. The third-order valence-corrected chi connectivity index (χ3v) is 4.07. The molecule has 1 heterocycles. The lowest BCUT2D eigenvalue weighted by Gasteiger charge is -2.15. The molecule has 1 aromatic rings. The second-order valence-corrected chi connectivity index (χ2v) is 6.22. The predicted octanol–water partition coefficient (Wildman–Crippen LogP) is 0.558. The average Bonchev–Trinajstić information content (AvgIpc) is 2.94. The minimum absolute atomic E-state index is 0.0548. The summed E-state index contributed by atoms with van der Waals surface area (Å²) in [5.74, 6) is -0.641. The summed E-state index contributed by atoms with van der Waals surface area (Å²) in [5.41, 5.74) is 0.415. The van der Waals surface area contributed by atoms with Gasteiger partial charge < -0.3 is 24.4 Å². The zero-order valence-corrected chi connectivity index (χ0v) is 16.0. The third kappa shape index (κ3) is 6.26. The van der Waals surface area contributed by atoms with Gasteiger partial charge in [-0.1, -0.05) is 0 Å². The van der Waals surface area contributed by atoms with Gasteiger partial charge in [-0.2, -0.15) is 0 Å². The molecule has 28 heavy (non-hydrogen) atoms. The molecule has 1 aliphatic heterocycles. The van der Waals surface area contributed by atoms with Crippen molar-refractivity contribution < 1.29 is 33.4 Å². The number of hydrogen-bond donors (Lipinski definition) is 1. The van der Waals surface area contributed by atoms with E-state index in [1.807, 2.05) is 0 Å². The SMILES string of the molecule is CNC(=O)CN(C)C(=O)COC(=O)CCC(=O)c1ccc2c(c1)OCCCO2. The van der Waals surface area contributed by atoms with Gasteiger partial charge in [-0.15, -0.1) is 0 Å². The van der Waals surface area contributed by atoms with Crippen LogP contribution in [0.5, 0.6) is 11.5 Å². The summed E-state index contributed by atoms with van der Waals surface area (Å²) in [7, 11) is 2.89. The lowest BCUT2D eigenvalue weighted by Crippen LogP contribution is -2.39. The van der Waals surface area contributed by atoms with E-state index in [0.29, 0.717) is 30.3 Å². The largest absolute Gasteiger partial charge is 0.490 e. The Morgan fingerprint density at radius 3 is 2.54 bits per heavy atom. The highest BCUT2D eigenvalue weighted by atomic mass is 16.5. The Balaban J connectivity index is 1.78. The van der Waals surface area contributed by atoms with Gasteiger partial charge in [0.1, 0.15) is 0 Å². The van der Waals surface area contributed by atoms with Crippen molar-refractivity contribution >= 4 is 23.6 Å². The maximum absolute atomic E-state index is 12.3. The van der Waals surface area contributed by atoms with E-state index in [2.05, 4.69) is 5.32 Å². The molecule has 1 aromatic carbocycles. The molecule has 0 saturated carbocycles. The Kier molecular flexibility index (Phi) is 7.79. The van der Waals surface area contributed by atoms with Crippen LogP contribution in [-0.4, -0.2) is 68.9 Å². The number of ketones is 1. The molecule has 152 valence electrons. The molecule has 2 rings (SSSR count). The van der Waals surface area contributed by atoms with Gasteiger partial charge in [-0.25, -0.2) is 0 Å². The van der Waals surface area contributed by atoms with E-state index in [0.717, 1.165) is 11.3 Å². The number of carbonyl (C=O) groups excluding carboxylic acids is 4. The van der Waals surface area contributed by atoms with Gasteiger partial charge in [0.05, 0.1) is 26.2 Å². The average molecular weight is 392 g/mol. The summed E-state index contributed by atoms with van der Waals surface area (Å²) in [5, 5.41) is 2.39. The van der Waals surface area contributed by atoms with E-state index < -0.39 is 18.5 Å². The molecule has 9 nitrogen and oxygen atoms in total. The lowest BCUT2D eigenvalue weighted by molar-refractivity contribution is -0.151. The highest BCUT2D eigenvalue weighted by Gasteiger charge is 2.17. The zero-order valence-electron chi connectivity index (χ0n) is 16.0. The van der Waals surface area contributed by atoms with Gasteiger partial charge in [0, 0.05) is 32.5 Å². The minimum Gasteiger partial charge on any atom is -0.490 e. The number of esters is 1. The monoisotopic (exact) mass is 392 g/mol. The van der Waals surface area contributed by atoms with Crippen molar-refractivity contribution in [3.05, 3.63) is 23.8 Å². The summed E-state index contributed by atoms with van der Waals surface area (Å²) in [4.78, 5) is 48.3. The first-order chi connectivity index (χ1) is 13.4. The van der Waals surface area contributed by atoms with Crippen LogP contribution in [0.15, 0.2) is 18.2 Å². The molecular weight excluding hydrogens is 368 g/mol. The Morgan fingerprint density at radius 1 is 1.11 bits per heavy atom. The van der Waals surface area contributed by atoms with Crippen molar-refractivity contribution in [3.8, 4) is 11.5 Å². The Bertz CT molecular complexity index is 748. The summed E-state index contributed by atoms with van der Waals surface area (Å²) in [6, 6.07) is 4.90. The maximum atomic E-state index is 12.3. The van der Waals surface area contributed by atoms with E-state index in [1.165, 1.54) is 14.1 Å². The van der Waals surface area contributed by atoms with E-state index in [-0.39, 0.29) is 31.1 Å². The van der Waals surface area contributed by atoms with Crippen molar-refractivity contribution in [1.82, 2.24) is 10.2 Å². The smallest absolute Gasteiger partial charge is 0.306 e. The zero-order chi connectivity index (χ0) is 20.5. The third-order valence-electron chi connectivity index (χ3n) is 4.07. The number of benzene rings is 1. The molecule has 0 saturated heterocycles. The quantitative estimate of drug-likeness (QED) is 0.508. The fourth-order valence-electron chi connectivity index (χ4n) is 2.40. The molecule has 0 bridgehead atoms. The first-order valence-corrected chi connectivity index (χ1v) is 8.93. The predicted molar refractivity (Wildman–Crippen MR) is 98.3 cm³/mol. The second-order valence-electron chi connectivity index (χ2n) is 6.22. The summed E-state index contributed by atoms with van der Waals surface area (Å²) >= 11 is 0. The first kappa shape index (κ1) is 21.2. The van der Waals surface area contributed by atoms with Crippen LogP contribution in [0.3, 0.4) is 0 Å². The van der Waals surface area contributed by atoms with Crippen molar-refractivity contribution in [1.29, 1.82) is 0 Å². The number of carbonyl (C=O) groups is 4. The maximum Gasteiger partial charge on any atom is 0.306 e. The fourth-order valence-corrected chi connectivity index (χ4v) is 2.40. The van der Waals surface area contributed by atoms with Gasteiger partial charge >= 0.3 is 5.97 Å². The van der Waals surface area contributed by atoms with Gasteiger partial charge in [-0.3, -0.25) is 19.2 Å². The number of nitrogens with one attached hydrogen (secondary N) is 1. The van der Waals surface area contributed by atoms with Crippen molar-refractivity contribution in [2.45, 2.75) is 19.3 Å². The van der Waals surface area contributed by atoms with E-state index in [4.69, 9.17) is 14.2 Å². The van der Waals surface area contributed by atoms with Crippen molar-refractivity contribution in [2.75, 3.05) is 40.5 Å². The van der Waals surface area contributed by atoms with Crippen LogP contribution < -0.4 is 14.8 Å². The molecule has 1 N–H and O–H groups in total. The van der Waals surface area contributed by atoms with Crippen LogP contribution in [0, 0.1) is 0 Å². The summed E-state index contributed by atoms with van der Waals surface area (Å²) in [6.07, 6.45) is 0.557. The molecule has 0 spiro atoms. The number of ether oxygens (including phenoxy) is 3. The van der Waals surface area contributed by atoms with Crippen LogP contribution in [0.2, 0.25) is 0 Å². The molecule has 9 heteroatoms. The lowest BCUT2D eigenvalue weighted by atomic mass is 10.1. The normalized spacial score (nSPS) is 12.5. The van der Waals surface area contributed by atoms with Crippen LogP contribution in [0.25, 0.3) is 0 Å². The molecule has 2 amide bonds. The Hall–Kier alpha value is -3.10. The van der Waals surface area contributed by atoms with Crippen LogP contribution in [-0.2, 0) is 19.1 Å². The molecule has 0 radical (unpaired) electrons. The fraction of sp³-hybridized carbons (Fsp3) is 0.474. The van der Waals surface area contributed by atoms with Crippen LogP contribution in [0.1, 0.15) is 29.6 Å². The second kappa shape index (κ2) is 10.3. The number of Topliss-reactive ketones (excluding diaryl/α,β-unsaturated/α-hetero) is 1. The molecule has 0 atom stereocenters. The first-order valence-electron chi connectivity index (χ1n) is 8.93. The molecule has 0 unspecified atom stereocenters. The summed E-state index contributed by atoms with van der Waals surface area (Å²) < 4.78 is 15.9. The van der Waals surface area contributed by atoms with Crippen LogP contribution in [0.4, 0.5) is 0 Å². The highest BCUT2D eigenvalue weighted by Crippen LogP contribution is 2.30. The number of amides is 2. The minimum atomic E-state index is -0.663. The molecule has 0 aromatic heterocycles. The number of hydrogen-bond acceptors (Lipinski definition) is 7. The van der Waals surface area contributed by atoms with E-state index >= 15 is 0 Å². The number of likely N-dealkylation sites (N-methyl/N-ethyl adjacent to an activating group) is 2. The molecule has 1 aliphatic rings. The van der Waals surface area contributed by atoms with Crippen LogP contribution >= 0.6 is 0 Å². The standard InChI is InChI=1S/C19H24N2O7/c1-20-17(23)11-21(2)18(24)12-28-19(25)7-5-14(22)13-4-6-15-16(10-13)27-9-3-8-26-15/h4,6,10H,3,5,7-9,11-12H2,1-2H3,(H,20,23). The molecular formula is C19H24N2O7. The van der Waals surface area contributed by atoms with Crippen molar-refractivity contribution in [3.63, 3.8) is 0 Å². The van der Waals surface area contributed by atoms with Gasteiger partial charge in [0.15, 0.2) is 23.9 Å². The van der Waals surface area contributed by atoms with Gasteiger partial charge in [0.25, 0.3) is 5.91 Å². The van der Waals surface area contributed by atoms with E-state index in [1.54, 1.807) is 18.2 Å². The van der Waals surface area contributed by atoms with E-state index in [9.17, 15) is 19.2 Å². The van der Waals surface area contributed by atoms with Crippen molar-refractivity contribution in [2.24, 2.45) is 0 Å². The topological polar surface area (TPSA) is 111 Å². The van der Waals surface area contributed by atoms with Gasteiger partial charge in [-0.05, 0) is 18.2 Å². The Labute approximate surface area is 162 Å². The Morgan fingerprint density at radius 2 is 1.82 bits per heavy atom. The number of rotatable bonds is 8. The molecule has 0 aliphatic carbocycles. The highest BCUT2D eigenvalue weighted by molar-refractivity contribution is 5.98. The van der Waals surface area contributed by atoms with Gasteiger partial charge in [0.2, 0.25) is 5.91 Å². The molecule has 0 fully saturated rings. The number of nitrogens with zero attached hydrogens (tertiary/aromatic N) is 1.